The Labute approximate surface area is 132 Å². The number of carboxylic acid groups (broad SMARTS) is 1. The van der Waals surface area contributed by atoms with Crippen molar-refractivity contribution in [3.63, 3.8) is 0 Å². The number of para-hydroxylation sites is 1. The fourth-order valence-corrected chi connectivity index (χ4v) is 3.93. The van der Waals surface area contributed by atoms with Gasteiger partial charge in [-0.25, -0.2) is 9.59 Å². The van der Waals surface area contributed by atoms with Crippen LogP contribution in [0.4, 0.5) is 10.5 Å². The van der Waals surface area contributed by atoms with Gasteiger partial charge in [0.1, 0.15) is 6.04 Å². The number of nitrogens with zero attached hydrogens (tertiary/aromatic N) is 1. The molecule has 1 aromatic carbocycles. The first-order valence-electron chi connectivity index (χ1n) is 6.72. The van der Waals surface area contributed by atoms with Crippen LogP contribution in [0.2, 0.25) is 5.02 Å². The van der Waals surface area contributed by atoms with Gasteiger partial charge in [-0.3, -0.25) is 4.90 Å². The topological polar surface area (TPSA) is 69.6 Å². The van der Waals surface area contributed by atoms with E-state index in [4.69, 9.17) is 11.6 Å². The predicted molar refractivity (Wildman–Crippen MR) is 84.9 cm³/mol. The molecule has 1 aliphatic heterocycles. The monoisotopic (exact) mass is 328 g/mol. The maximum absolute atomic E-state index is 12.4. The van der Waals surface area contributed by atoms with E-state index in [1.165, 1.54) is 16.7 Å². The average Bonchev–Trinajstić information content (AvgIpc) is 2.86. The van der Waals surface area contributed by atoms with Gasteiger partial charge in [0.05, 0.1) is 16.1 Å². The van der Waals surface area contributed by atoms with Gasteiger partial charge in [-0.05, 0) is 18.6 Å². The van der Waals surface area contributed by atoms with Crippen molar-refractivity contribution >= 4 is 41.1 Å². The quantitative estimate of drug-likeness (QED) is 0.887. The number of carboxylic acids is 1. The van der Waals surface area contributed by atoms with Crippen LogP contribution in [0, 0.1) is 0 Å². The maximum atomic E-state index is 12.4. The van der Waals surface area contributed by atoms with E-state index >= 15 is 0 Å². The minimum absolute atomic E-state index is 0.112. The summed E-state index contributed by atoms with van der Waals surface area (Å²) >= 11 is 7.52. The first kappa shape index (κ1) is 16.0. The summed E-state index contributed by atoms with van der Waals surface area (Å²) in [5, 5.41) is 12.3. The molecule has 0 aliphatic carbocycles. The minimum Gasteiger partial charge on any atom is -0.480 e. The van der Waals surface area contributed by atoms with Gasteiger partial charge in [-0.2, -0.15) is 0 Å². The second-order valence-corrected chi connectivity index (χ2v) is 6.37. The number of halogens is 1. The van der Waals surface area contributed by atoms with Crippen molar-refractivity contribution in [3.05, 3.63) is 29.3 Å². The zero-order valence-electron chi connectivity index (χ0n) is 11.6. The number of anilines is 1. The molecule has 0 spiro atoms. The molecular weight excluding hydrogens is 312 g/mol. The molecule has 2 unspecified atom stereocenters. The Morgan fingerprint density at radius 1 is 1.48 bits per heavy atom. The third-order valence-electron chi connectivity index (χ3n) is 3.26. The molecule has 7 heteroatoms. The largest absolute Gasteiger partial charge is 0.480 e. The summed E-state index contributed by atoms with van der Waals surface area (Å²) in [6.45, 7) is 2.01. The molecule has 0 saturated carbocycles. The van der Waals surface area contributed by atoms with Gasteiger partial charge < -0.3 is 10.4 Å². The number of hydrogen-bond donors (Lipinski definition) is 2. The van der Waals surface area contributed by atoms with Crippen LogP contribution < -0.4 is 5.32 Å². The molecule has 0 radical (unpaired) electrons. The van der Waals surface area contributed by atoms with Crippen molar-refractivity contribution in [2.24, 2.45) is 0 Å². The number of thioether (sulfide) groups is 1. The zero-order chi connectivity index (χ0) is 15.4. The number of carbonyl (C=O) groups excluding carboxylic acids is 1. The first-order valence-corrected chi connectivity index (χ1v) is 8.15. The van der Waals surface area contributed by atoms with E-state index in [-0.39, 0.29) is 5.37 Å². The van der Waals surface area contributed by atoms with Crippen LogP contribution in [0.1, 0.15) is 19.8 Å². The number of amides is 2. The Kier molecular flexibility index (Phi) is 5.36. The van der Waals surface area contributed by atoms with Crippen LogP contribution in [0.5, 0.6) is 0 Å². The molecule has 2 atom stereocenters. The molecule has 1 aliphatic rings. The Balaban J connectivity index is 2.17. The van der Waals surface area contributed by atoms with E-state index in [1.807, 2.05) is 6.92 Å². The second-order valence-electron chi connectivity index (χ2n) is 4.75. The predicted octanol–water partition coefficient (Wildman–Crippen LogP) is 3.50. The van der Waals surface area contributed by atoms with Crippen molar-refractivity contribution in [2.45, 2.75) is 31.2 Å². The fraction of sp³-hybridized carbons (Fsp3) is 0.429. The summed E-state index contributed by atoms with van der Waals surface area (Å²) in [6.07, 6.45) is 1.66. The second kappa shape index (κ2) is 7.04. The van der Waals surface area contributed by atoms with E-state index in [9.17, 15) is 14.7 Å². The summed E-state index contributed by atoms with van der Waals surface area (Å²) in [5.74, 6) is -0.564. The van der Waals surface area contributed by atoms with Gasteiger partial charge in [0.2, 0.25) is 0 Å². The lowest BCUT2D eigenvalue weighted by atomic mass is 10.2. The number of aliphatic carboxylic acids is 1. The highest BCUT2D eigenvalue weighted by molar-refractivity contribution is 8.00. The normalized spacial score (nSPS) is 21.3. The first-order chi connectivity index (χ1) is 10.0. The molecule has 5 nitrogen and oxygen atoms in total. The van der Waals surface area contributed by atoms with Gasteiger partial charge in [0.15, 0.2) is 0 Å². The third kappa shape index (κ3) is 3.63. The van der Waals surface area contributed by atoms with Gasteiger partial charge in [0, 0.05) is 5.75 Å². The lowest BCUT2D eigenvalue weighted by Crippen LogP contribution is -2.47. The molecule has 1 heterocycles. The Morgan fingerprint density at radius 2 is 2.19 bits per heavy atom. The van der Waals surface area contributed by atoms with Crippen LogP contribution in [0.15, 0.2) is 24.3 Å². The van der Waals surface area contributed by atoms with E-state index in [0.717, 1.165) is 12.8 Å². The molecule has 1 fully saturated rings. The number of carbonyl (C=O) groups is 2. The van der Waals surface area contributed by atoms with Gasteiger partial charge in [-0.15, -0.1) is 11.8 Å². The van der Waals surface area contributed by atoms with Crippen LogP contribution in [0.25, 0.3) is 0 Å². The SMILES string of the molecule is CCCC1SCC(C(=O)O)N1C(=O)Nc1ccccc1Cl. The number of rotatable bonds is 4. The highest BCUT2D eigenvalue weighted by Gasteiger charge is 2.41. The summed E-state index contributed by atoms with van der Waals surface area (Å²) in [4.78, 5) is 25.2. The lowest BCUT2D eigenvalue weighted by Gasteiger charge is -2.27. The molecule has 2 amide bonds. The van der Waals surface area contributed by atoms with Crippen LogP contribution >= 0.6 is 23.4 Å². The van der Waals surface area contributed by atoms with Crippen LogP contribution in [-0.2, 0) is 4.79 Å². The summed E-state index contributed by atoms with van der Waals surface area (Å²) in [7, 11) is 0. The molecule has 2 N–H and O–H groups in total. The lowest BCUT2D eigenvalue weighted by molar-refractivity contribution is -0.141. The highest BCUT2D eigenvalue weighted by atomic mass is 35.5. The number of hydrogen-bond acceptors (Lipinski definition) is 3. The molecule has 21 heavy (non-hydrogen) atoms. The standard InChI is InChI=1S/C14H17ClN2O3S/c1-2-5-12-17(11(8-21-12)13(18)19)14(20)16-10-7-4-3-6-9(10)15/h3-4,6-7,11-12H,2,5,8H2,1H3,(H,16,20)(H,18,19). The highest BCUT2D eigenvalue weighted by Crippen LogP contribution is 2.33. The molecule has 114 valence electrons. The summed E-state index contributed by atoms with van der Waals surface area (Å²) in [5.41, 5.74) is 0.487. The van der Waals surface area contributed by atoms with E-state index in [0.29, 0.717) is 16.5 Å². The Hall–Kier alpha value is -1.40. The molecule has 1 aromatic rings. The average molecular weight is 329 g/mol. The van der Waals surface area contributed by atoms with Crippen LogP contribution in [0.3, 0.4) is 0 Å². The fourth-order valence-electron chi connectivity index (χ4n) is 2.24. The molecule has 1 saturated heterocycles. The number of benzene rings is 1. The van der Waals surface area contributed by atoms with Crippen molar-refractivity contribution < 1.29 is 14.7 Å². The summed E-state index contributed by atoms with van der Waals surface area (Å²) in [6, 6.07) is 5.68. The molecule has 2 rings (SSSR count). The Morgan fingerprint density at radius 3 is 2.81 bits per heavy atom. The van der Waals surface area contributed by atoms with E-state index in [2.05, 4.69) is 5.32 Å². The smallest absolute Gasteiger partial charge is 0.327 e. The zero-order valence-corrected chi connectivity index (χ0v) is 13.2. The number of urea groups is 1. The van der Waals surface area contributed by atoms with Crippen LogP contribution in [-0.4, -0.2) is 39.2 Å². The number of nitrogens with one attached hydrogen (secondary N) is 1. The molecule has 0 bridgehead atoms. The molecule has 0 aromatic heterocycles. The van der Waals surface area contributed by atoms with Crippen molar-refractivity contribution in [1.82, 2.24) is 4.90 Å². The van der Waals surface area contributed by atoms with Crippen molar-refractivity contribution in [1.29, 1.82) is 0 Å². The van der Waals surface area contributed by atoms with Crippen molar-refractivity contribution in [3.8, 4) is 0 Å². The minimum atomic E-state index is -0.976. The van der Waals surface area contributed by atoms with Gasteiger partial charge >= 0.3 is 12.0 Å². The van der Waals surface area contributed by atoms with Crippen molar-refractivity contribution in [2.75, 3.05) is 11.1 Å². The molecular formula is C14H17ClN2O3S. The Bertz CT molecular complexity index is 541. The van der Waals surface area contributed by atoms with E-state index < -0.39 is 18.0 Å². The van der Waals surface area contributed by atoms with Gasteiger partial charge in [0.25, 0.3) is 0 Å². The summed E-state index contributed by atoms with van der Waals surface area (Å²) < 4.78 is 0. The van der Waals surface area contributed by atoms with E-state index in [1.54, 1.807) is 24.3 Å². The third-order valence-corrected chi connectivity index (χ3v) is 4.95. The maximum Gasteiger partial charge on any atom is 0.327 e. The van der Waals surface area contributed by atoms with Gasteiger partial charge in [-0.1, -0.05) is 37.1 Å².